The summed E-state index contributed by atoms with van der Waals surface area (Å²) in [7, 11) is 0. The quantitative estimate of drug-likeness (QED) is 0.550. The van der Waals surface area contributed by atoms with Crippen molar-refractivity contribution in [1.29, 1.82) is 0 Å². The molecule has 0 spiro atoms. The molecule has 4 N–H and O–H groups in total. The van der Waals surface area contributed by atoms with E-state index in [1.165, 1.54) is 32.1 Å². The second kappa shape index (κ2) is 5.82. The monoisotopic (exact) mass is 235 g/mol. The van der Waals surface area contributed by atoms with Crippen molar-refractivity contribution in [2.45, 2.75) is 45.1 Å². The van der Waals surface area contributed by atoms with Gasteiger partial charge < -0.3 is 5.32 Å². The molecule has 1 aliphatic carbocycles. The zero-order valence-electron chi connectivity index (χ0n) is 10.3. The lowest BCUT2D eigenvalue weighted by Crippen LogP contribution is -2.26. The Hall–Kier alpha value is -1.36. The molecule has 0 aromatic carbocycles. The van der Waals surface area contributed by atoms with Gasteiger partial charge in [-0.2, -0.15) is 4.98 Å². The molecule has 0 amide bonds. The molecule has 0 bridgehead atoms. The lowest BCUT2D eigenvalue weighted by Gasteiger charge is -2.28. The van der Waals surface area contributed by atoms with Crippen molar-refractivity contribution in [3.63, 3.8) is 0 Å². The highest BCUT2D eigenvalue weighted by Crippen LogP contribution is 2.28. The summed E-state index contributed by atoms with van der Waals surface area (Å²) in [6.07, 6.45) is 8.12. The number of nitrogen functional groups attached to an aromatic ring is 1. The van der Waals surface area contributed by atoms with Crippen LogP contribution in [0.1, 0.15) is 39.0 Å². The van der Waals surface area contributed by atoms with Gasteiger partial charge in [-0.15, -0.1) is 0 Å². The van der Waals surface area contributed by atoms with Gasteiger partial charge in [0.15, 0.2) is 0 Å². The van der Waals surface area contributed by atoms with Crippen molar-refractivity contribution in [3.05, 3.63) is 12.3 Å². The average Bonchev–Trinajstić information content (AvgIpc) is 2.40. The Morgan fingerprint density at radius 3 is 2.76 bits per heavy atom. The van der Waals surface area contributed by atoms with E-state index >= 15 is 0 Å². The summed E-state index contributed by atoms with van der Waals surface area (Å²) in [5.41, 5.74) is 2.46. The normalized spacial score (nSPS) is 24.4. The van der Waals surface area contributed by atoms with Crippen molar-refractivity contribution >= 4 is 11.8 Å². The van der Waals surface area contributed by atoms with E-state index in [0.29, 0.717) is 12.0 Å². The molecule has 0 radical (unpaired) electrons. The lowest BCUT2D eigenvalue weighted by atomic mass is 9.84. The van der Waals surface area contributed by atoms with Crippen molar-refractivity contribution in [2.75, 3.05) is 10.7 Å². The number of nitrogens with one attached hydrogen (secondary N) is 2. The van der Waals surface area contributed by atoms with Gasteiger partial charge >= 0.3 is 0 Å². The number of nitrogens with zero attached hydrogens (tertiary/aromatic N) is 2. The molecule has 1 saturated carbocycles. The number of hydrogen-bond acceptors (Lipinski definition) is 5. The third-order valence-electron chi connectivity index (χ3n) is 3.56. The maximum absolute atomic E-state index is 5.29. The first-order chi connectivity index (χ1) is 8.31. The standard InChI is InChI=1S/C12H21N5/c1-2-9-3-5-10(6-4-9)15-11-7-8-14-12(16-11)17-13/h7-10H,2-6,13H2,1H3,(H2,14,15,16,17). The van der Waals surface area contributed by atoms with Gasteiger partial charge in [-0.1, -0.05) is 13.3 Å². The number of anilines is 2. The van der Waals surface area contributed by atoms with Crippen molar-refractivity contribution < 1.29 is 0 Å². The minimum Gasteiger partial charge on any atom is -0.367 e. The fraction of sp³-hybridized carbons (Fsp3) is 0.667. The van der Waals surface area contributed by atoms with Crippen LogP contribution in [0.3, 0.4) is 0 Å². The Morgan fingerprint density at radius 2 is 2.12 bits per heavy atom. The number of nitrogens with two attached hydrogens (primary N) is 1. The zero-order chi connectivity index (χ0) is 12.1. The second-order valence-electron chi connectivity index (χ2n) is 4.68. The van der Waals surface area contributed by atoms with E-state index in [1.807, 2.05) is 6.07 Å². The Balaban J connectivity index is 1.88. The Kier molecular flexibility index (Phi) is 4.14. The van der Waals surface area contributed by atoms with E-state index < -0.39 is 0 Å². The molecule has 0 atom stereocenters. The van der Waals surface area contributed by atoms with Crippen molar-refractivity contribution in [2.24, 2.45) is 11.8 Å². The predicted octanol–water partition coefficient (Wildman–Crippen LogP) is 2.14. The van der Waals surface area contributed by atoms with E-state index in [0.717, 1.165) is 11.7 Å². The highest BCUT2D eigenvalue weighted by Gasteiger charge is 2.19. The van der Waals surface area contributed by atoms with Gasteiger partial charge in [0.05, 0.1) is 0 Å². The number of hydrogen-bond donors (Lipinski definition) is 3. The number of rotatable bonds is 4. The zero-order valence-corrected chi connectivity index (χ0v) is 10.3. The van der Waals surface area contributed by atoms with Crippen LogP contribution >= 0.6 is 0 Å². The maximum atomic E-state index is 5.29. The first kappa shape index (κ1) is 12.1. The topological polar surface area (TPSA) is 75.9 Å². The molecule has 0 unspecified atom stereocenters. The Morgan fingerprint density at radius 1 is 1.35 bits per heavy atom. The fourth-order valence-electron chi connectivity index (χ4n) is 2.43. The first-order valence-corrected chi connectivity index (χ1v) is 6.38. The van der Waals surface area contributed by atoms with Gasteiger partial charge in [0.1, 0.15) is 5.82 Å². The summed E-state index contributed by atoms with van der Waals surface area (Å²) in [5, 5.41) is 3.45. The van der Waals surface area contributed by atoms with Crippen LogP contribution in [-0.4, -0.2) is 16.0 Å². The van der Waals surface area contributed by atoms with Crippen LogP contribution in [0.25, 0.3) is 0 Å². The van der Waals surface area contributed by atoms with Crippen LogP contribution in [0, 0.1) is 5.92 Å². The predicted molar refractivity (Wildman–Crippen MR) is 69.5 cm³/mol. The van der Waals surface area contributed by atoms with Gasteiger partial charge in [0.25, 0.3) is 0 Å². The molecule has 17 heavy (non-hydrogen) atoms. The third kappa shape index (κ3) is 3.30. The summed E-state index contributed by atoms with van der Waals surface area (Å²) >= 11 is 0. The van der Waals surface area contributed by atoms with Gasteiger partial charge in [-0.3, -0.25) is 5.43 Å². The molecule has 94 valence electrons. The summed E-state index contributed by atoms with van der Waals surface area (Å²) in [6.45, 7) is 2.28. The van der Waals surface area contributed by atoms with E-state index in [2.05, 4.69) is 27.6 Å². The van der Waals surface area contributed by atoms with Gasteiger partial charge in [0.2, 0.25) is 5.95 Å². The molecule has 1 fully saturated rings. The van der Waals surface area contributed by atoms with Crippen LogP contribution in [0.5, 0.6) is 0 Å². The Labute approximate surface area is 102 Å². The molecular formula is C12H21N5. The van der Waals surface area contributed by atoms with E-state index in [-0.39, 0.29) is 0 Å². The SMILES string of the molecule is CCC1CCC(Nc2ccnc(NN)n2)CC1. The first-order valence-electron chi connectivity index (χ1n) is 6.38. The van der Waals surface area contributed by atoms with Crippen LogP contribution in [0.2, 0.25) is 0 Å². The highest BCUT2D eigenvalue weighted by molar-refractivity contribution is 5.39. The largest absolute Gasteiger partial charge is 0.367 e. The smallest absolute Gasteiger partial charge is 0.239 e. The minimum absolute atomic E-state index is 0.456. The van der Waals surface area contributed by atoms with E-state index in [9.17, 15) is 0 Å². The molecular weight excluding hydrogens is 214 g/mol. The average molecular weight is 235 g/mol. The molecule has 5 heteroatoms. The molecule has 0 saturated heterocycles. The second-order valence-corrected chi connectivity index (χ2v) is 4.68. The number of aromatic nitrogens is 2. The van der Waals surface area contributed by atoms with E-state index in [1.54, 1.807) is 6.20 Å². The van der Waals surface area contributed by atoms with E-state index in [4.69, 9.17) is 5.84 Å². The minimum atomic E-state index is 0.456. The van der Waals surface area contributed by atoms with Gasteiger partial charge in [-0.05, 0) is 37.7 Å². The Bertz CT molecular complexity index is 347. The fourth-order valence-corrected chi connectivity index (χ4v) is 2.43. The maximum Gasteiger partial charge on any atom is 0.239 e. The third-order valence-corrected chi connectivity index (χ3v) is 3.56. The molecule has 5 nitrogen and oxygen atoms in total. The summed E-state index contributed by atoms with van der Waals surface area (Å²) < 4.78 is 0. The van der Waals surface area contributed by atoms with Gasteiger partial charge in [0, 0.05) is 12.2 Å². The number of hydrazine groups is 1. The molecule has 1 aromatic heterocycles. The van der Waals surface area contributed by atoms with Crippen molar-refractivity contribution in [1.82, 2.24) is 9.97 Å². The highest BCUT2D eigenvalue weighted by atomic mass is 15.3. The molecule has 1 aliphatic rings. The summed E-state index contributed by atoms with van der Waals surface area (Å²) in [4.78, 5) is 8.26. The summed E-state index contributed by atoms with van der Waals surface area (Å²) in [6, 6.07) is 2.42. The van der Waals surface area contributed by atoms with Crippen LogP contribution in [0.4, 0.5) is 11.8 Å². The molecule has 1 heterocycles. The molecule has 0 aliphatic heterocycles. The summed E-state index contributed by atoms with van der Waals surface area (Å²) in [5.74, 6) is 7.51. The molecule has 2 rings (SSSR count). The van der Waals surface area contributed by atoms with Crippen molar-refractivity contribution in [3.8, 4) is 0 Å². The van der Waals surface area contributed by atoms with Crippen LogP contribution in [0.15, 0.2) is 12.3 Å². The van der Waals surface area contributed by atoms with Crippen LogP contribution < -0.4 is 16.6 Å². The van der Waals surface area contributed by atoms with Gasteiger partial charge in [-0.25, -0.2) is 10.8 Å². The van der Waals surface area contributed by atoms with Crippen LogP contribution in [-0.2, 0) is 0 Å². The lowest BCUT2D eigenvalue weighted by molar-refractivity contribution is 0.330. The molecule has 1 aromatic rings.